The Morgan fingerprint density at radius 2 is 0.806 bits per heavy atom. The first-order valence-corrected chi connectivity index (χ1v) is 20.2. The lowest BCUT2D eigenvalue weighted by Crippen LogP contribution is -2.53. The monoisotopic (exact) mass is 528 g/mol. The molecule has 174 valence electrons. The number of benzene rings is 5. The van der Waals surface area contributed by atoms with Crippen LogP contribution in [-0.4, -0.2) is 26.1 Å². The molecule has 0 nitrogen and oxygen atoms in total. The maximum absolute atomic E-state index is 2.39. The standard InChI is InChI=1S/C32H29PSi3/c1-26-16-15-25-32(27(26)2)34-33(35(28-17-7-3-8-18-28)29-19-9-4-10-20-29)36(30-21-11-5-12-22-30)31-23-13-6-14-24-31/h3-25H,1-2H3. The summed E-state index contributed by atoms with van der Waals surface area (Å²) in [7, 11) is -1.26. The molecule has 0 unspecified atom stereocenters. The van der Waals surface area contributed by atoms with E-state index >= 15 is 0 Å². The van der Waals surface area contributed by atoms with Gasteiger partial charge in [0.05, 0.1) is 0 Å². The van der Waals surface area contributed by atoms with E-state index < -0.39 is 16.9 Å². The van der Waals surface area contributed by atoms with E-state index in [1.165, 1.54) is 31.9 Å². The van der Waals surface area contributed by atoms with Gasteiger partial charge >= 0.3 is 0 Å². The molecule has 5 aromatic carbocycles. The van der Waals surface area contributed by atoms with Gasteiger partial charge in [-0.3, -0.25) is 0 Å². The molecule has 4 heteroatoms. The fraction of sp³-hybridized carbons (Fsp3) is 0.0625. The van der Waals surface area contributed by atoms with Crippen LogP contribution in [0, 0.1) is 13.8 Å². The van der Waals surface area contributed by atoms with Gasteiger partial charge in [-0.25, -0.2) is 0 Å². The van der Waals surface area contributed by atoms with Gasteiger partial charge in [0.25, 0.3) is 0 Å². The summed E-state index contributed by atoms with van der Waals surface area (Å²) < 4.78 is 0. The Morgan fingerprint density at radius 3 is 1.17 bits per heavy atom. The normalized spacial score (nSPS) is 11.4. The van der Waals surface area contributed by atoms with Crippen LogP contribution in [0.5, 0.6) is 0 Å². The maximum Gasteiger partial charge on any atom is 0.142 e. The smallest absolute Gasteiger partial charge is 0.123 e. The summed E-state index contributed by atoms with van der Waals surface area (Å²) in [6.07, 6.45) is 0. The zero-order chi connectivity index (χ0) is 24.7. The summed E-state index contributed by atoms with van der Waals surface area (Å²) in [6.45, 7) is 4.21. The van der Waals surface area contributed by atoms with Gasteiger partial charge in [0.1, 0.15) is 26.1 Å². The molecule has 0 bridgehead atoms. The maximum atomic E-state index is 2.39. The molecule has 0 aliphatic heterocycles. The number of rotatable bonds is 8. The molecule has 36 heavy (non-hydrogen) atoms. The van der Waals surface area contributed by atoms with Gasteiger partial charge in [0, 0.05) is 0 Å². The van der Waals surface area contributed by atoms with Crippen molar-refractivity contribution < 1.29 is 0 Å². The van der Waals surface area contributed by atoms with Gasteiger partial charge in [0.15, 0.2) is 0 Å². The van der Waals surface area contributed by atoms with Gasteiger partial charge < -0.3 is 0 Å². The van der Waals surface area contributed by atoms with E-state index in [9.17, 15) is 0 Å². The SMILES string of the molecule is Cc1cccc([Si]P([Si](c2ccccc2)c2ccccc2)[Si](c2ccccc2)c2ccccc2)c1C. The molecule has 0 fully saturated rings. The Hall–Kier alpha value is -2.82. The van der Waals surface area contributed by atoms with E-state index in [-0.39, 0.29) is 6.57 Å². The molecule has 0 spiro atoms. The average molecular weight is 529 g/mol. The van der Waals surface area contributed by atoms with Crippen molar-refractivity contribution >= 4 is 58.6 Å². The summed E-state index contributed by atoms with van der Waals surface area (Å²) >= 11 is 0. The Bertz CT molecular complexity index is 1210. The molecule has 0 heterocycles. The van der Waals surface area contributed by atoms with E-state index in [1.807, 2.05) is 0 Å². The quantitative estimate of drug-likeness (QED) is 0.203. The third-order valence-electron chi connectivity index (χ3n) is 6.47. The highest BCUT2D eigenvalue weighted by Gasteiger charge is 2.37. The van der Waals surface area contributed by atoms with Crippen LogP contribution in [0.25, 0.3) is 0 Å². The molecule has 0 N–H and O–H groups in total. The summed E-state index contributed by atoms with van der Waals surface area (Å²) in [4.78, 5) is 0. The molecule has 0 amide bonds. The minimum absolute atomic E-state index is 0.366. The van der Waals surface area contributed by atoms with Crippen molar-refractivity contribution in [2.75, 3.05) is 0 Å². The van der Waals surface area contributed by atoms with Gasteiger partial charge in [-0.15, -0.1) is 6.57 Å². The lowest BCUT2D eigenvalue weighted by molar-refractivity contribution is 1.37. The van der Waals surface area contributed by atoms with E-state index in [2.05, 4.69) is 153 Å². The Labute approximate surface area is 222 Å². The minimum Gasteiger partial charge on any atom is -0.123 e. The molecule has 0 aliphatic rings. The van der Waals surface area contributed by atoms with Crippen LogP contribution in [0.4, 0.5) is 0 Å². The molecule has 4 radical (unpaired) electrons. The van der Waals surface area contributed by atoms with Crippen LogP contribution < -0.4 is 25.9 Å². The average Bonchev–Trinajstić information content (AvgIpc) is 2.94. The van der Waals surface area contributed by atoms with Crippen molar-refractivity contribution in [1.82, 2.24) is 0 Å². The number of hydrogen-bond acceptors (Lipinski definition) is 0. The first-order chi connectivity index (χ1) is 17.7. The summed E-state index contributed by atoms with van der Waals surface area (Å²) in [5, 5.41) is 7.68. The number of hydrogen-bond donors (Lipinski definition) is 0. The molecule has 0 atom stereocenters. The second-order valence-corrected chi connectivity index (χ2v) is 25.4. The molecule has 5 rings (SSSR count). The zero-order valence-corrected chi connectivity index (χ0v) is 24.6. The highest BCUT2D eigenvalue weighted by molar-refractivity contribution is 8.32. The van der Waals surface area contributed by atoms with Crippen molar-refractivity contribution in [3.63, 3.8) is 0 Å². The predicted molar refractivity (Wildman–Crippen MR) is 164 cm³/mol. The third kappa shape index (κ3) is 5.61. The van der Waals surface area contributed by atoms with Crippen LogP contribution in [0.3, 0.4) is 0 Å². The summed E-state index contributed by atoms with van der Waals surface area (Å²) in [5.74, 6) is 0. The zero-order valence-electron chi connectivity index (χ0n) is 20.7. The number of aryl methyl sites for hydroxylation is 1. The molecule has 0 aromatic heterocycles. The van der Waals surface area contributed by atoms with Crippen molar-refractivity contribution in [2.45, 2.75) is 13.8 Å². The van der Waals surface area contributed by atoms with Crippen LogP contribution in [0.2, 0.25) is 0 Å². The lowest BCUT2D eigenvalue weighted by atomic mass is 10.1. The van der Waals surface area contributed by atoms with Crippen molar-refractivity contribution in [2.24, 2.45) is 0 Å². The predicted octanol–water partition coefficient (Wildman–Crippen LogP) is 4.64. The van der Waals surface area contributed by atoms with E-state index in [1.54, 1.807) is 5.19 Å². The van der Waals surface area contributed by atoms with Crippen molar-refractivity contribution in [3.05, 3.63) is 151 Å². The third-order valence-corrected chi connectivity index (χ3v) is 29.1. The summed E-state index contributed by atoms with van der Waals surface area (Å²) in [5.41, 5.74) is 2.87. The van der Waals surface area contributed by atoms with E-state index in [0.717, 1.165) is 9.19 Å². The van der Waals surface area contributed by atoms with E-state index in [4.69, 9.17) is 0 Å². The summed E-state index contributed by atoms with van der Waals surface area (Å²) in [6, 6.07) is 52.5. The molecule has 0 saturated heterocycles. The fourth-order valence-electron chi connectivity index (χ4n) is 4.45. The second kappa shape index (κ2) is 11.9. The second-order valence-electron chi connectivity index (χ2n) is 8.86. The fourth-order valence-corrected chi connectivity index (χ4v) is 32.6. The van der Waals surface area contributed by atoms with E-state index in [0.29, 0.717) is 0 Å². The van der Waals surface area contributed by atoms with Crippen LogP contribution in [0.1, 0.15) is 11.1 Å². The van der Waals surface area contributed by atoms with Crippen LogP contribution in [-0.2, 0) is 0 Å². The molecule has 0 aliphatic carbocycles. The van der Waals surface area contributed by atoms with Gasteiger partial charge in [-0.05, 0) is 25.0 Å². The first kappa shape index (κ1) is 24.9. The van der Waals surface area contributed by atoms with Crippen LogP contribution >= 0.6 is 6.57 Å². The van der Waals surface area contributed by atoms with Crippen LogP contribution in [0.15, 0.2) is 140 Å². The molecular formula is C32H29PSi3. The Balaban J connectivity index is 1.75. The van der Waals surface area contributed by atoms with Crippen molar-refractivity contribution in [3.8, 4) is 0 Å². The molecule has 5 aromatic rings. The Morgan fingerprint density at radius 1 is 0.444 bits per heavy atom. The van der Waals surface area contributed by atoms with Gasteiger partial charge in [0.2, 0.25) is 0 Å². The largest absolute Gasteiger partial charge is 0.142 e. The Kier molecular flexibility index (Phi) is 8.25. The lowest BCUT2D eigenvalue weighted by Gasteiger charge is -2.34. The first-order valence-electron chi connectivity index (χ1n) is 12.3. The molecule has 0 saturated carbocycles. The highest BCUT2D eigenvalue weighted by Crippen LogP contribution is 2.39. The van der Waals surface area contributed by atoms with Gasteiger partial charge in [-0.2, -0.15) is 0 Å². The topological polar surface area (TPSA) is 0 Å². The van der Waals surface area contributed by atoms with Crippen molar-refractivity contribution in [1.29, 1.82) is 0 Å². The molecular weight excluding hydrogens is 500 g/mol. The highest BCUT2D eigenvalue weighted by atomic mass is 31.8. The minimum atomic E-state index is -1.04. The van der Waals surface area contributed by atoms with Gasteiger partial charge in [-0.1, -0.05) is 165 Å².